The van der Waals surface area contributed by atoms with Crippen LogP contribution in [0.2, 0.25) is 0 Å². The molecule has 7 nitrogen and oxygen atoms in total. The number of carbonyl (C=O) groups excluding carboxylic acids is 2. The summed E-state index contributed by atoms with van der Waals surface area (Å²) in [7, 11) is -3.66. The number of nitrogens with one attached hydrogen (secondary N) is 1. The van der Waals surface area contributed by atoms with Crippen LogP contribution in [-0.2, 0) is 10.0 Å². The van der Waals surface area contributed by atoms with E-state index in [2.05, 4.69) is 5.32 Å². The number of rotatable bonds is 6. The highest BCUT2D eigenvalue weighted by molar-refractivity contribution is 7.89. The van der Waals surface area contributed by atoms with Crippen molar-refractivity contribution in [2.75, 3.05) is 38.5 Å². The van der Waals surface area contributed by atoms with Gasteiger partial charge < -0.3 is 10.2 Å². The molecule has 1 fully saturated rings. The van der Waals surface area contributed by atoms with E-state index in [1.807, 2.05) is 0 Å². The predicted molar refractivity (Wildman–Crippen MR) is 116 cm³/mol. The lowest BCUT2D eigenvalue weighted by Crippen LogP contribution is -2.51. The molecule has 0 aliphatic carbocycles. The number of carbonyl (C=O) groups is 2. The molecule has 172 valence electrons. The van der Waals surface area contributed by atoms with Gasteiger partial charge in [0.25, 0.3) is 11.8 Å². The fraction of sp³-hybridized carbons (Fsp3) is 0.364. The number of halogens is 2. The zero-order valence-corrected chi connectivity index (χ0v) is 18.7. The molecule has 10 heteroatoms. The maximum absolute atomic E-state index is 13.5. The van der Waals surface area contributed by atoms with Crippen LogP contribution >= 0.6 is 0 Å². The summed E-state index contributed by atoms with van der Waals surface area (Å²) in [5.41, 5.74) is 1.65. The fourth-order valence-electron chi connectivity index (χ4n) is 3.52. The third kappa shape index (κ3) is 5.49. The monoisotopic (exact) mass is 465 g/mol. The molecule has 3 rings (SSSR count). The Kier molecular flexibility index (Phi) is 7.25. The largest absolute Gasteiger partial charge is 0.351 e. The van der Waals surface area contributed by atoms with E-state index >= 15 is 0 Å². The van der Waals surface area contributed by atoms with E-state index in [1.165, 1.54) is 39.5 Å². The van der Waals surface area contributed by atoms with Crippen LogP contribution in [0.15, 0.2) is 36.4 Å². The second kappa shape index (κ2) is 9.74. The first kappa shape index (κ1) is 23.8. The Balaban J connectivity index is 1.53. The molecule has 0 aromatic heterocycles. The van der Waals surface area contributed by atoms with Crippen molar-refractivity contribution < 1.29 is 26.8 Å². The van der Waals surface area contributed by atoms with Gasteiger partial charge >= 0.3 is 0 Å². The molecule has 32 heavy (non-hydrogen) atoms. The number of hydrogen-bond acceptors (Lipinski definition) is 4. The summed E-state index contributed by atoms with van der Waals surface area (Å²) in [5.74, 6) is -2.25. The summed E-state index contributed by atoms with van der Waals surface area (Å²) < 4.78 is 53.4. The number of amides is 2. The molecule has 1 saturated heterocycles. The molecule has 1 aliphatic heterocycles. The van der Waals surface area contributed by atoms with Gasteiger partial charge in [0.05, 0.1) is 5.75 Å². The van der Waals surface area contributed by atoms with Crippen LogP contribution in [0.25, 0.3) is 0 Å². The van der Waals surface area contributed by atoms with Crippen molar-refractivity contribution in [3.05, 3.63) is 70.3 Å². The van der Waals surface area contributed by atoms with Crippen molar-refractivity contribution in [1.29, 1.82) is 0 Å². The molecule has 1 aliphatic rings. The van der Waals surface area contributed by atoms with Crippen LogP contribution in [0, 0.1) is 25.5 Å². The molecule has 2 amide bonds. The highest BCUT2D eigenvalue weighted by Crippen LogP contribution is 2.16. The van der Waals surface area contributed by atoms with Crippen LogP contribution in [0.3, 0.4) is 0 Å². The number of nitrogens with zero attached hydrogens (tertiary/aromatic N) is 2. The summed E-state index contributed by atoms with van der Waals surface area (Å²) in [6.07, 6.45) is 0. The van der Waals surface area contributed by atoms with E-state index in [0.717, 1.165) is 6.07 Å². The molecule has 2 aromatic rings. The Morgan fingerprint density at radius 1 is 0.906 bits per heavy atom. The lowest BCUT2D eigenvalue weighted by atomic mass is 10.1. The van der Waals surface area contributed by atoms with Gasteiger partial charge in [0.2, 0.25) is 10.0 Å². The molecular formula is C22H25F2N3O4S. The highest BCUT2D eigenvalue weighted by Gasteiger charge is 2.29. The SMILES string of the molecule is Cc1ccc(F)cc1C(=O)NCCS(=O)(=O)N1CCN(C(=O)c2cc(F)ccc2C)CC1. The Bertz CT molecular complexity index is 1130. The zero-order valence-electron chi connectivity index (χ0n) is 17.9. The highest BCUT2D eigenvalue weighted by atomic mass is 32.2. The third-order valence-electron chi connectivity index (χ3n) is 5.44. The molecule has 2 aromatic carbocycles. The first-order valence-electron chi connectivity index (χ1n) is 10.2. The normalized spacial score (nSPS) is 14.9. The van der Waals surface area contributed by atoms with Gasteiger partial charge in [-0.1, -0.05) is 12.1 Å². The van der Waals surface area contributed by atoms with Crippen molar-refractivity contribution in [1.82, 2.24) is 14.5 Å². The second-order valence-electron chi connectivity index (χ2n) is 7.68. The summed E-state index contributed by atoms with van der Waals surface area (Å²) in [4.78, 5) is 26.4. The molecule has 0 saturated carbocycles. The Morgan fingerprint density at radius 3 is 2.03 bits per heavy atom. The van der Waals surface area contributed by atoms with Crippen molar-refractivity contribution in [3.63, 3.8) is 0 Å². The van der Waals surface area contributed by atoms with Gasteiger partial charge in [0.1, 0.15) is 11.6 Å². The van der Waals surface area contributed by atoms with Gasteiger partial charge in [-0.2, -0.15) is 4.31 Å². The number of benzene rings is 2. The molecule has 0 radical (unpaired) electrons. The van der Waals surface area contributed by atoms with Crippen molar-refractivity contribution in [2.24, 2.45) is 0 Å². The average molecular weight is 466 g/mol. The van der Waals surface area contributed by atoms with Crippen molar-refractivity contribution in [2.45, 2.75) is 13.8 Å². The van der Waals surface area contributed by atoms with Crippen LogP contribution in [0.4, 0.5) is 8.78 Å². The molecular weight excluding hydrogens is 440 g/mol. The van der Waals surface area contributed by atoms with Crippen LogP contribution < -0.4 is 5.32 Å². The second-order valence-corrected chi connectivity index (χ2v) is 9.77. The van der Waals surface area contributed by atoms with Crippen LogP contribution in [0.1, 0.15) is 31.8 Å². The van der Waals surface area contributed by atoms with Gasteiger partial charge in [0.15, 0.2) is 0 Å². The predicted octanol–water partition coefficient (Wildman–Crippen LogP) is 2.10. The van der Waals surface area contributed by atoms with E-state index in [-0.39, 0.29) is 55.5 Å². The quantitative estimate of drug-likeness (QED) is 0.708. The Hall–Kier alpha value is -2.85. The Morgan fingerprint density at radius 2 is 1.44 bits per heavy atom. The van der Waals surface area contributed by atoms with Gasteiger partial charge in [0, 0.05) is 43.9 Å². The summed E-state index contributed by atoms with van der Waals surface area (Å²) in [6.45, 7) is 3.84. The van der Waals surface area contributed by atoms with E-state index in [4.69, 9.17) is 0 Å². The van der Waals surface area contributed by atoms with Crippen molar-refractivity contribution in [3.8, 4) is 0 Å². The minimum absolute atomic E-state index is 0.111. The van der Waals surface area contributed by atoms with E-state index in [9.17, 15) is 26.8 Å². The first-order valence-corrected chi connectivity index (χ1v) is 11.8. The van der Waals surface area contributed by atoms with Gasteiger partial charge in [-0.15, -0.1) is 0 Å². The van der Waals surface area contributed by atoms with Crippen molar-refractivity contribution >= 4 is 21.8 Å². The molecule has 0 unspecified atom stereocenters. The van der Waals surface area contributed by atoms with Crippen LogP contribution in [-0.4, -0.2) is 67.9 Å². The lowest BCUT2D eigenvalue weighted by molar-refractivity contribution is 0.0696. The smallest absolute Gasteiger partial charge is 0.254 e. The third-order valence-corrected chi connectivity index (χ3v) is 7.31. The number of piperazine rings is 1. The number of aryl methyl sites for hydroxylation is 2. The van der Waals surface area contributed by atoms with Crippen LogP contribution in [0.5, 0.6) is 0 Å². The molecule has 0 bridgehead atoms. The van der Waals surface area contributed by atoms with Gasteiger partial charge in [-0.25, -0.2) is 17.2 Å². The summed E-state index contributed by atoms with van der Waals surface area (Å²) in [5, 5.41) is 2.51. The van der Waals surface area contributed by atoms with E-state index in [1.54, 1.807) is 13.8 Å². The maximum Gasteiger partial charge on any atom is 0.254 e. The maximum atomic E-state index is 13.5. The minimum atomic E-state index is -3.66. The van der Waals surface area contributed by atoms with E-state index in [0.29, 0.717) is 11.1 Å². The zero-order chi connectivity index (χ0) is 23.5. The first-order chi connectivity index (χ1) is 15.1. The topological polar surface area (TPSA) is 86.8 Å². The fourth-order valence-corrected chi connectivity index (χ4v) is 4.86. The summed E-state index contributed by atoms with van der Waals surface area (Å²) in [6, 6.07) is 7.83. The van der Waals surface area contributed by atoms with E-state index < -0.39 is 27.6 Å². The lowest BCUT2D eigenvalue weighted by Gasteiger charge is -2.34. The molecule has 0 atom stereocenters. The number of sulfonamides is 1. The molecule has 1 N–H and O–H groups in total. The number of hydrogen-bond donors (Lipinski definition) is 1. The van der Waals surface area contributed by atoms with Gasteiger partial charge in [-0.05, 0) is 49.2 Å². The molecule has 0 spiro atoms. The van der Waals surface area contributed by atoms with Gasteiger partial charge in [-0.3, -0.25) is 9.59 Å². The minimum Gasteiger partial charge on any atom is -0.351 e. The molecule has 1 heterocycles. The standard InChI is InChI=1S/C22H25F2N3O4S/c1-15-3-5-17(23)13-19(15)21(28)25-7-12-32(30,31)27-10-8-26(9-11-27)22(29)20-14-18(24)6-4-16(20)2/h3-6,13-14H,7-12H2,1-2H3,(H,25,28). The Labute approximate surface area is 186 Å². The summed E-state index contributed by atoms with van der Waals surface area (Å²) >= 11 is 0. The average Bonchev–Trinajstić information content (AvgIpc) is 2.76.